The summed E-state index contributed by atoms with van der Waals surface area (Å²) in [7, 11) is 0. The fourth-order valence-corrected chi connectivity index (χ4v) is 3.99. The standard InChI is InChI=1S/C31H41N5O7/c1-4-42-27(37)16-15-24(19-33-30(32)40)34-28(38)26(18-22-11-7-5-8-12-22)35-29(39)25(17-21(2)3)36-31(41)43-20-23-13-9-6-10-14-23/h5-16,21,24-26H,4,17-20H2,1-3H3,(H,34,38)(H,35,39)(H,36,41)(H3,32,33,40)/b16-15+/t24-,25-,26-/m0/s1. The van der Waals surface area contributed by atoms with Crippen molar-refractivity contribution in [1.82, 2.24) is 21.3 Å². The molecule has 0 unspecified atom stereocenters. The molecule has 6 N–H and O–H groups in total. The number of rotatable bonds is 16. The molecule has 0 aromatic heterocycles. The number of benzene rings is 2. The summed E-state index contributed by atoms with van der Waals surface area (Å²) < 4.78 is 10.2. The van der Waals surface area contributed by atoms with Crippen molar-refractivity contribution in [3.05, 3.63) is 83.9 Å². The lowest BCUT2D eigenvalue weighted by atomic mass is 10.0. The number of amides is 5. The third kappa shape index (κ3) is 14.0. The first-order chi connectivity index (χ1) is 20.6. The summed E-state index contributed by atoms with van der Waals surface area (Å²) in [6.45, 7) is 5.53. The van der Waals surface area contributed by atoms with E-state index in [1.54, 1.807) is 19.1 Å². The molecule has 3 atom stereocenters. The van der Waals surface area contributed by atoms with E-state index in [-0.39, 0.29) is 32.1 Å². The molecule has 0 fully saturated rings. The van der Waals surface area contributed by atoms with Crippen LogP contribution >= 0.6 is 0 Å². The molecule has 0 aliphatic carbocycles. The SMILES string of the molecule is CCOC(=O)/C=C/[C@@H](CNC(N)=O)NC(=O)[C@H](Cc1ccccc1)NC(=O)[C@H](CC(C)C)NC(=O)OCc1ccccc1. The molecule has 2 aromatic rings. The molecule has 5 amide bonds. The number of carbonyl (C=O) groups excluding carboxylic acids is 5. The number of primary amides is 1. The number of alkyl carbamates (subject to hydrolysis) is 1. The topological polar surface area (TPSA) is 178 Å². The highest BCUT2D eigenvalue weighted by atomic mass is 16.5. The second-order valence-corrected chi connectivity index (χ2v) is 10.1. The number of carbonyl (C=O) groups is 5. The Morgan fingerprint density at radius 3 is 2.00 bits per heavy atom. The lowest BCUT2D eigenvalue weighted by molar-refractivity contribution is -0.137. The minimum Gasteiger partial charge on any atom is -0.463 e. The molecule has 12 heteroatoms. The summed E-state index contributed by atoms with van der Waals surface area (Å²) in [5.41, 5.74) is 6.75. The number of hydrogen-bond acceptors (Lipinski definition) is 7. The van der Waals surface area contributed by atoms with Crippen LogP contribution in [0, 0.1) is 5.92 Å². The van der Waals surface area contributed by atoms with Crippen molar-refractivity contribution < 1.29 is 33.4 Å². The fourth-order valence-electron chi connectivity index (χ4n) is 3.99. The monoisotopic (exact) mass is 595 g/mol. The van der Waals surface area contributed by atoms with Crippen molar-refractivity contribution in [2.75, 3.05) is 13.2 Å². The maximum Gasteiger partial charge on any atom is 0.408 e. The van der Waals surface area contributed by atoms with Gasteiger partial charge in [-0.25, -0.2) is 14.4 Å². The zero-order valence-corrected chi connectivity index (χ0v) is 24.7. The highest BCUT2D eigenvalue weighted by Crippen LogP contribution is 2.09. The number of esters is 1. The Morgan fingerprint density at radius 2 is 1.42 bits per heavy atom. The van der Waals surface area contributed by atoms with Crippen LogP contribution in [0.4, 0.5) is 9.59 Å². The first-order valence-corrected chi connectivity index (χ1v) is 14.1. The van der Waals surface area contributed by atoms with Crippen molar-refractivity contribution in [3.63, 3.8) is 0 Å². The fraction of sp³-hybridized carbons (Fsp3) is 0.387. The normalized spacial score (nSPS) is 12.9. The van der Waals surface area contributed by atoms with Gasteiger partial charge in [-0.05, 0) is 30.4 Å². The molecule has 12 nitrogen and oxygen atoms in total. The molecule has 2 rings (SSSR count). The summed E-state index contributed by atoms with van der Waals surface area (Å²) in [5.74, 6) is -1.76. The number of urea groups is 1. The minimum absolute atomic E-state index is 0.0295. The highest BCUT2D eigenvalue weighted by molar-refractivity contribution is 5.92. The predicted octanol–water partition coefficient (Wildman–Crippen LogP) is 2.33. The summed E-state index contributed by atoms with van der Waals surface area (Å²) in [4.78, 5) is 62.7. The summed E-state index contributed by atoms with van der Waals surface area (Å²) >= 11 is 0. The molecular formula is C31H41N5O7. The zero-order valence-electron chi connectivity index (χ0n) is 24.7. The second kappa shape index (κ2) is 18.5. The summed E-state index contributed by atoms with van der Waals surface area (Å²) in [5, 5.41) is 10.5. The Morgan fingerprint density at radius 1 is 0.814 bits per heavy atom. The van der Waals surface area contributed by atoms with Gasteiger partial charge in [-0.15, -0.1) is 0 Å². The molecular weight excluding hydrogens is 554 g/mol. The van der Waals surface area contributed by atoms with Gasteiger partial charge in [0.05, 0.1) is 12.6 Å². The van der Waals surface area contributed by atoms with Gasteiger partial charge in [0.15, 0.2) is 0 Å². The lowest BCUT2D eigenvalue weighted by Gasteiger charge is -2.25. The first kappa shape index (κ1) is 34.3. The van der Waals surface area contributed by atoms with E-state index in [4.69, 9.17) is 15.2 Å². The number of nitrogens with two attached hydrogens (primary N) is 1. The molecule has 0 bridgehead atoms. The maximum atomic E-state index is 13.5. The van der Waals surface area contributed by atoms with Gasteiger partial charge in [-0.1, -0.05) is 80.6 Å². The van der Waals surface area contributed by atoms with E-state index in [9.17, 15) is 24.0 Å². The Bertz CT molecular complexity index is 1220. The smallest absolute Gasteiger partial charge is 0.408 e. The van der Waals surface area contributed by atoms with Crippen LogP contribution < -0.4 is 27.0 Å². The Labute approximate surface area is 251 Å². The van der Waals surface area contributed by atoms with Gasteiger partial charge in [-0.2, -0.15) is 0 Å². The van der Waals surface area contributed by atoms with Crippen LogP contribution in [0.5, 0.6) is 0 Å². The average molecular weight is 596 g/mol. The molecule has 43 heavy (non-hydrogen) atoms. The summed E-state index contributed by atoms with van der Waals surface area (Å²) in [6, 6.07) is 14.5. The molecule has 0 saturated carbocycles. The average Bonchev–Trinajstić information content (AvgIpc) is 2.97. The number of nitrogens with one attached hydrogen (secondary N) is 4. The highest BCUT2D eigenvalue weighted by Gasteiger charge is 2.29. The van der Waals surface area contributed by atoms with Crippen molar-refractivity contribution in [2.24, 2.45) is 11.7 Å². The maximum absolute atomic E-state index is 13.5. The third-order valence-corrected chi connectivity index (χ3v) is 6.02. The van der Waals surface area contributed by atoms with Crippen LogP contribution in [-0.2, 0) is 36.9 Å². The van der Waals surface area contributed by atoms with Crippen LogP contribution in [0.25, 0.3) is 0 Å². The van der Waals surface area contributed by atoms with Crippen LogP contribution in [-0.4, -0.2) is 61.2 Å². The molecule has 0 spiro atoms. The van der Waals surface area contributed by atoms with Gasteiger partial charge in [0, 0.05) is 19.0 Å². The van der Waals surface area contributed by atoms with E-state index in [1.165, 1.54) is 6.08 Å². The zero-order chi connectivity index (χ0) is 31.6. The van der Waals surface area contributed by atoms with Crippen molar-refractivity contribution in [1.29, 1.82) is 0 Å². The lowest BCUT2D eigenvalue weighted by Crippen LogP contribution is -2.56. The molecule has 0 aliphatic heterocycles. The van der Waals surface area contributed by atoms with Gasteiger partial charge < -0.3 is 36.5 Å². The van der Waals surface area contributed by atoms with Gasteiger partial charge >= 0.3 is 18.1 Å². The quantitative estimate of drug-likeness (QED) is 0.146. The molecule has 0 aliphatic rings. The van der Waals surface area contributed by atoms with E-state index < -0.39 is 48.0 Å². The molecule has 0 heterocycles. The number of hydrogen-bond donors (Lipinski definition) is 5. The Balaban J connectivity index is 2.20. The van der Waals surface area contributed by atoms with Gasteiger partial charge in [-0.3, -0.25) is 9.59 Å². The van der Waals surface area contributed by atoms with Gasteiger partial charge in [0.1, 0.15) is 18.7 Å². The van der Waals surface area contributed by atoms with Gasteiger partial charge in [0.25, 0.3) is 0 Å². The van der Waals surface area contributed by atoms with Crippen LogP contribution in [0.2, 0.25) is 0 Å². The van der Waals surface area contributed by atoms with E-state index in [0.29, 0.717) is 6.42 Å². The second-order valence-electron chi connectivity index (χ2n) is 10.1. The van der Waals surface area contributed by atoms with E-state index >= 15 is 0 Å². The van der Waals surface area contributed by atoms with Gasteiger partial charge in [0.2, 0.25) is 11.8 Å². The summed E-state index contributed by atoms with van der Waals surface area (Å²) in [6.07, 6.45) is 2.14. The molecule has 232 valence electrons. The van der Waals surface area contributed by atoms with Crippen LogP contribution in [0.15, 0.2) is 72.8 Å². The van der Waals surface area contributed by atoms with Crippen molar-refractivity contribution >= 4 is 29.9 Å². The van der Waals surface area contributed by atoms with Crippen LogP contribution in [0.1, 0.15) is 38.3 Å². The molecule has 0 radical (unpaired) electrons. The van der Waals surface area contributed by atoms with Crippen LogP contribution in [0.3, 0.4) is 0 Å². The largest absolute Gasteiger partial charge is 0.463 e. The molecule has 2 aromatic carbocycles. The van der Waals surface area contributed by atoms with E-state index in [0.717, 1.165) is 17.2 Å². The predicted molar refractivity (Wildman–Crippen MR) is 160 cm³/mol. The third-order valence-electron chi connectivity index (χ3n) is 6.02. The first-order valence-electron chi connectivity index (χ1n) is 14.1. The Hall–Kier alpha value is -4.87. The molecule has 0 saturated heterocycles. The van der Waals surface area contributed by atoms with E-state index in [2.05, 4.69) is 21.3 Å². The minimum atomic E-state index is -1.07. The Kier molecular flexibility index (Phi) is 14.8. The van der Waals surface area contributed by atoms with Crippen molar-refractivity contribution in [3.8, 4) is 0 Å². The number of ether oxygens (including phenoxy) is 2. The van der Waals surface area contributed by atoms with Crippen molar-refractivity contribution in [2.45, 2.75) is 58.3 Å². The van der Waals surface area contributed by atoms with E-state index in [1.807, 2.05) is 62.4 Å².